The van der Waals surface area contributed by atoms with Gasteiger partial charge in [-0.15, -0.1) is 0 Å². The number of benzene rings is 1. The van der Waals surface area contributed by atoms with E-state index in [9.17, 15) is 0 Å². The van der Waals surface area contributed by atoms with Crippen LogP contribution in [0.4, 0.5) is 0 Å². The molecule has 16 heavy (non-hydrogen) atoms. The zero-order valence-electron chi connectivity index (χ0n) is 9.50. The van der Waals surface area contributed by atoms with Crippen molar-refractivity contribution in [2.24, 2.45) is 11.7 Å². The molecular weight excluding hydrogens is 270 g/mol. The highest BCUT2D eigenvalue weighted by Crippen LogP contribution is 2.39. The van der Waals surface area contributed by atoms with Gasteiger partial charge in [0.05, 0.1) is 13.7 Å². The Kier molecular flexibility index (Phi) is 3.40. The number of fused-ring (bicyclic) bond motifs is 1. The Morgan fingerprint density at radius 2 is 2.31 bits per heavy atom. The molecule has 1 aliphatic rings. The second-order valence-electron chi connectivity index (χ2n) is 4.23. The molecule has 1 aromatic carbocycles. The topological polar surface area (TPSA) is 44.5 Å². The lowest BCUT2D eigenvalue weighted by atomic mass is 9.91. The van der Waals surface area contributed by atoms with E-state index in [0.717, 1.165) is 22.4 Å². The maximum atomic E-state index is 5.91. The van der Waals surface area contributed by atoms with Crippen LogP contribution < -0.4 is 15.2 Å². The lowest BCUT2D eigenvalue weighted by Gasteiger charge is -2.28. The summed E-state index contributed by atoms with van der Waals surface area (Å²) in [5.74, 6) is 2.03. The monoisotopic (exact) mass is 285 g/mol. The number of nitrogens with two attached hydrogens (primary N) is 1. The molecule has 0 radical (unpaired) electrons. The van der Waals surface area contributed by atoms with E-state index in [4.69, 9.17) is 15.2 Å². The summed E-state index contributed by atoms with van der Waals surface area (Å²) in [5, 5.41) is 0. The van der Waals surface area contributed by atoms with Crippen molar-refractivity contribution >= 4 is 15.9 Å². The lowest BCUT2D eigenvalue weighted by molar-refractivity contribution is 0.196. The van der Waals surface area contributed by atoms with Crippen LogP contribution in [0.5, 0.6) is 11.5 Å². The van der Waals surface area contributed by atoms with Gasteiger partial charge in [0, 0.05) is 16.4 Å². The minimum absolute atomic E-state index is 0.151. The summed E-state index contributed by atoms with van der Waals surface area (Å²) in [4.78, 5) is 0. The highest BCUT2D eigenvalue weighted by molar-refractivity contribution is 9.10. The molecule has 0 fully saturated rings. The van der Waals surface area contributed by atoms with Crippen LogP contribution in [0, 0.1) is 5.92 Å². The summed E-state index contributed by atoms with van der Waals surface area (Å²) in [6, 6.07) is 4.15. The Morgan fingerprint density at radius 1 is 1.56 bits per heavy atom. The second kappa shape index (κ2) is 4.63. The van der Waals surface area contributed by atoms with E-state index in [0.29, 0.717) is 12.5 Å². The lowest BCUT2D eigenvalue weighted by Crippen LogP contribution is -2.35. The summed E-state index contributed by atoms with van der Waals surface area (Å²) in [7, 11) is 1.66. The van der Waals surface area contributed by atoms with Crippen molar-refractivity contribution in [3.8, 4) is 11.5 Å². The molecule has 88 valence electrons. The average molecular weight is 286 g/mol. The highest BCUT2D eigenvalue weighted by atomic mass is 79.9. The summed E-state index contributed by atoms with van der Waals surface area (Å²) in [5.41, 5.74) is 7.08. The number of rotatable bonds is 2. The smallest absolute Gasteiger partial charge is 0.164 e. The van der Waals surface area contributed by atoms with Crippen LogP contribution >= 0.6 is 15.9 Å². The van der Waals surface area contributed by atoms with Gasteiger partial charge in [0.1, 0.15) is 0 Å². The van der Waals surface area contributed by atoms with Crippen molar-refractivity contribution in [3.05, 3.63) is 22.2 Å². The molecule has 0 aromatic heterocycles. The number of hydrogen-bond donors (Lipinski definition) is 1. The first-order chi connectivity index (χ1) is 7.61. The fraction of sp³-hybridized carbons (Fsp3) is 0.500. The van der Waals surface area contributed by atoms with Crippen LogP contribution in [0.1, 0.15) is 12.5 Å². The molecule has 2 N–H and O–H groups in total. The number of methoxy groups -OCH3 is 1. The third kappa shape index (κ3) is 2.18. The van der Waals surface area contributed by atoms with Crippen LogP contribution in [-0.2, 0) is 6.42 Å². The fourth-order valence-electron chi connectivity index (χ4n) is 1.96. The van der Waals surface area contributed by atoms with Gasteiger partial charge in [0.2, 0.25) is 0 Å². The van der Waals surface area contributed by atoms with Gasteiger partial charge >= 0.3 is 0 Å². The minimum Gasteiger partial charge on any atom is -0.493 e. The SMILES string of the molecule is COc1cc(Br)cc2c1OCC([C@H](C)N)C2. The Morgan fingerprint density at radius 3 is 2.94 bits per heavy atom. The van der Waals surface area contributed by atoms with Crippen molar-refractivity contribution in [2.45, 2.75) is 19.4 Å². The van der Waals surface area contributed by atoms with E-state index < -0.39 is 0 Å². The zero-order valence-corrected chi connectivity index (χ0v) is 11.1. The van der Waals surface area contributed by atoms with Gasteiger partial charge in [-0.3, -0.25) is 0 Å². The van der Waals surface area contributed by atoms with E-state index in [1.54, 1.807) is 7.11 Å². The summed E-state index contributed by atoms with van der Waals surface area (Å²) < 4.78 is 12.1. The summed E-state index contributed by atoms with van der Waals surface area (Å²) in [6.07, 6.45) is 0.947. The average Bonchev–Trinajstić information content (AvgIpc) is 2.26. The molecule has 2 rings (SSSR count). The Hall–Kier alpha value is -0.740. The molecule has 0 bridgehead atoms. The molecule has 0 amide bonds. The molecule has 1 aliphatic heterocycles. The molecule has 0 aliphatic carbocycles. The maximum Gasteiger partial charge on any atom is 0.164 e. The van der Waals surface area contributed by atoms with Crippen molar-refractivity contribution in [1.82, 2.24) is 0 Å². The molecule has 3 nitrogen and oxygen atoms in total. The first-order valence-corrected chi connectivity index (χ1v) is 6.16. The summed E-state index contributed by atoms with van der Waals surface area (Å²) in [6.45, 7) is 2.69. The molecule has 0 saturated heterocycles. The van der Waals surface area contributed by atoms with E-state index in [2.05, 4.69) is 22.0 Å². The van der Waals surface area contributed by atoms with Crippen LogP contribution in [0.3, 0.4) is 0 Å². The second-order valence-corrected chi connectivity index (χ2v) is 5.15. The van der Waals surface area contributed by atoms with Crippen molar-refractivity contribution in [1.29, 1.82) is 0 Å². The van der Waals surface area contributed by atoms with Crippen LogP contribution in [0.15, 0.2) is 16.6 Å². The maximum absolute atomic E-state index is 5.91. The van der Waals surface area contributed by atoms with E-state index in [-0.39, 0.29) is 6.04 Å². The fourth-order valence-corrected chi connectivity index (χ4v) is 2.44. The Bertz CT molecular complexity index is 393. The van der Waals surface area contributed by atoms with Gasteiger partial charge in [0.25, 0.3) is 0 Å². The van der Waals surface area contributed by atoms with Gasteiger partial charge in [0.15, 0.2) is 11.5 Å². The third-order valence-corrected chi connectivity index (χ3v) is 3.44. The molecular formula is C12H16BrNO2. The molecule has 0 spiro atoms. The van der Waals surface area contributed by atoms with Gasteiger partial charge in [-0.2, -0.15) is 0 Å². The molecule has 1 aromatic rings. The number of ether oxygens (including phenoxy) is 2. The first-order valence-electron chi connectivity index (χ1n) is 5.36. The molecule has 4 heteroatoms. The van der Waals surface area contributed by atoms with E-state index in [1.807, 2.05) is 13.0 Å². The molecule has 1 heterocycles. The van der Waals surface area contributed by atoms with Crippen molar-refractivity contribution < 1.29 is 9.47 Å². The van der Waals surface area contributed by atoms with Crippen LogP contribution in [0.25, 0.3) is 0 Å². The zero-order chi connectivity index (χ0) is 11.7. The van der Waals surface area contributed by atoms with E-state index >= 15 is 0 Å². The first kappa shape index (κ1) is 11.7. The summed E-state index contributed by atoms with van der Waals surface area (Å²) >= 11 is 3.47. The predicted molar refractivity (Wildman–Crippen MR) is 67.0 cm³/mol. The van der Waals surface area contributed by atoms with E-state index in [1.165, 1.54) is 5.56 Å². The number of halogens is 1. The predicted octanol–water partition coefficient (Wildman–Crippen LogP) is 2.36. The van der Waals surface area contributed by atoms with Gasteiger partial charge < -0.3 is 15.2 Å². The van der Waals surface area contributed by atoms with Crippen LogP contribution in [-0.4, -0.2) is 19.8 Å². The third-order valence-electron chi connectivity index (χ3n) is 2.98. The van der Waals surface area contributed by atoms with Crippen molar-refractivity contribution in [3.63, 3.8) is 0 Å². The Labute approximate surface area is 104 Å². The van der Waals surface area contributed by atoms with Crippen molar-refractivity contribution in [2.75, 3.05) is 13.7 Å². The molecule has 0 saturated carbocycles. The van der Waals surface area contributed by atoms with Gasteiger partial charge in [-0.25, -0.2) is 0 Å². The Balaban J connectivity index is 2.35. The largest absolute Gasteiger partial charge is 0.493 e. The standard InChI is InChI=1S/C12H16BrNO2/c1-7(14)9-3-8-4-10(13)5-11(15-2)12(8)16-6-9/h4-5,7,9H,3,6,14H2,1-2H3/t7-,9?/m0/s1. The molecule has 1 unspecified atom stereocenters. The van der Waals surface area contributed by atoms with Crippen LogP contribution in [0.2, 0.25) is 0 Å². The highest BCUT2D eigenvalue weighted by Gasteiger charge is 2.25. The number of hydrogen-bond acceptors (Lipinski definition) is 3. The normalized spacial score (nSPS) is 20.9. The molecule has 2 atom stereocenters. The van der Waals surface area contributed by atoms with Gasteiger partial charge in [-0.1, -0.05) is 15.9 Å². The minimum atomic E-state index is 0.151. The van der Waals surface area contributed by atoms with Gasteiger partial charge in [-0.05, 0) is 31.0 Å². The quantitative estimate of drug-likeness (QED) is 0.907.